The van der Waals surface area contributed by atoms with E-state index in [4.69, 9.17) is 10.2 Å². The average Bonchev–Trinajstić information content (AvgIpc) is 2.67. The van der Waals surface area contributed by atoms with Crippen molar-refractivity contribution >= 4 is 0 Å². The molecule has 0 aliphatic heterocycles. The Morgan fingerprint density at radius 3 is 0.852 bits per heavy atom. The fourth-order valence-corrected chi connectivity index (χ4v) is 3.78. The molecule has 0 aromatic carbocycles. The predicted molar refractivity (Wildman–Crippen MR) is 117 cm³/mol. The number of aliphatic hydroxyl groups is 3. The zero-order valence-electron chi connectivity index (χ0n) is 18.2. The third-order valence-electron chi connectivity index (χ3n) is 5.64. The second-order valence-electron chi connectivity index (χ2n) is 8.40. The summed E-state index contributed by atoms with van der Waals surface area (Å²) in [6.07, 6.45) is 25.8. The maximum Gasteiger partial charge on any atom is 0.0540 e. The van der Waals surface area contributed by atoms with E-state index in [1.165, 1.54) is 96.3 Å². The van der Waals surface area contributed by atoms with Crippen LogP contribution in [0.15, 0.2) is 0 Å². The Morgan fingerprint density at radius 1 is 0.333 bits per heavy atom. The molecular weight excluding hydrogens is 336 g/mol. The van der Waals surface area contributed by atoms with Gasteiger partial charge in [-0.1, -0.05) is 109 Å². The molecule has 1 atom stereocenters. The van der Waals surface area contributed by atoms with Crippen molar-refractivity contribution < 1.29 is 15.3 Å². The third kappa shape index (κ3) is 23.8. The van der Waals surface area contributed by atoms with Crippen LogP contribution < -0.4 is 0 Å². The minimum atomic E-state index is -0.121. The lowest BCUT2D eigenvalue weighted by molar-refractivity contribution is 0.146. The van der Waals surface area contributed by atoms with Crippen LogP contribution in [-0.4, -0.2) is 34.6 Å². The van der Waals surface area contributed by atoms with Gasteiger partial charge in [-0.05, 0) is 25.7 Å². The van der Waals surface area contributed by atoms with E-state index in [0.717, 1.165) is 38.5 Å². The van der Waals surface area contributed by atoms with E-state index in [9.17, 15) is 5.11 Å². The SMILES string of the molecule is OCCCCCCCCCCCCCCCCCCC(O)CCCCCO. The smallest absolute Gasteiger partial charge is 0.0540 e. The molecular formula is C24H50O3. The van der Waals surface area contributed by atoms with Crippen molar-refractivity contribution in [2.75, 3.05) is 13.2 Å². The van der Waals surface area contributed by atoms with Crippen LogP contribution in [0.4, 0.5) is 0 Å². The topological polar surface area (TPSA) is 60.7 Å². The summed E-state index contributed by atoms with van der Waals surface area (Å²) in [4.78, 5) is 0. The first-order valence-corrected chi connectivity index (χ1v) is 12.2. The molecule has 0 aliphatic rings. The number of unbranched alkanes of at least 4 members (excludes halogenated alkanes) is 17. The molecule has 1 unspecified atom stereocenters. The largest absolute Gasteiger partial charge is 0.396 e. The van der Waals surface area contributed by atoms with E-state index in [0.29, 0.717) is 6.61 Å². The van der Waals surface area contributed by atoms with E-state index in [1.54, 1.807) is 0 Å². The van der Waals surface area contributed by atoms with Gasteiger partial charge in [0.1, 0.15) is 0 Å². The Hall–Kier alpha value is -0.120. The van der Waals surface area contributed by atoms with Gasteiger partial charge in [-0.2, -0.15) is 0 Å². The van der Waals surface area contributed by atoms with Crippen molar-refractivity contribution in [2.24, 2.45) is 0 Å². The van der Waals surface area contributed by atoms with Crippen molar-refractivity contribution in [3.63, 3.8) is 0 Å². The average molecular weight is 387 g/mol. The number of rotatable bonds is 23. The minimum absolute atomic E-state index is 0.121. The summed E-state index contributed by atoms with van der Waals surface area (Å²) in [6.45, 7) is 0.638. The maximum atomic E-state index is 9.90. The zero-order chi connectivity index (χ0) is 19.8. The van der Waals surface area contributed by atoms with Gasteiger partial charge in [0.25, 0.3) is 0 Å². The highest BCUT2D eigenvalue weighted by atomic mass is 16.3. The monoisotopic (exact) mass is 386 g/mol. The number of aliphatic hydroxyl groups excluding tert-OH is 3. The lowest BCUT2D eigenvalue weighted by Crippen LogP contribution is -2.06. The molecule has 27 heavy (non-hydrogen) atoms. The molecule has 0 aromatic rings. The van der Waals surface area contributed by atoms with Gasteiger partial charge in [-0.3, -0.25) is 0 Å². The molecule has 0 saturated heterocycles. The Labute approximate surface area is 170 Å². The van der Waals surface area contributed by atoms with Gasteiger partial charge < -0.3 is 15.3 Å². The van der Waals surface area contributed by atoms with E-state index in [2.05, 4.69) is 0 Å². The van der Waals surface area contributed by atoms with Crippen molar-refractivity contribution in [2.45, 2.75) is 141 Å². The Bertz CT molecular complexity index is 258. The standard InChI is InChI=1S/C24H50O3/c25-22-18-14-12-10-8-6-4-2-1-3-5-7-9-11-13-16-20-24(27)21-17-15-19-23-26/h24-27H,1-23H2. The maximum absolute atomic E-state index is 9.90. The van der Waals surface area contributed by atoms with Crippen LogP contribution in [0.5, 0.6) is 0 Å². The van der Waals surface area contributed by atoms with Crippen molar-refractivity contribution in [1.29, 1.82) is 0 Å². The van der Waals surface area contributed by atoms with Gasteiger partial charge in [0.15, 0.2) is 0 Å². The van der Waals surface area contributed by atoms with Crippen LogP contribution in [-0.2, 0) is 0 Å². The summed E-state index contributed by atoms with van der Waals surface area (Å²) in [5.74, 6) is 0. The molecule has 0 fully saturated rings. The summed E-state index contributed by atoms with van der Waals surface area (Å²) in [5, 5.41) is 27.4. The molecule has 0 saturated carbocycles. The molecule has 3 heteroatoms. The van der Waals surface area contributed by atoms with Gasteiger partial charge in [0, 0.05) is 13.2 Å². The first-order chi connectivity index (χ1) is 13.3. The van der Waals surface area contributed by atoms with Crippen molar-refractivity contribution in [3.05, 3.63) is 0 Å². The Morgan fingerprint density at radius 2 is 0.556 bits per heavy atom. The Kier molecular flexibility index (Phi) is 23.8. The molecule has 3 N–H and O–H groups in total. The van der Waals surface area contributed by atoms with E-state index >= 15 is 0 Å². The van der Waals surface area contributed by atoms with Gasteiger partial charge in [-0.15, -0.1) is 0 Å². The molecule has 0 spiro atoms. The first kappa shape index (κ1) is 26.9. The van der Waals surface area contributed by atoms with E-state index in [1.807, 2.05) is 0 Å². The van der Waals surface area contributed by atoms with E-state index in [-0.39, 0.29) is 12.7 Å². The lowest BCUT2D eigenvalue weighted by Gasteiger charge is -2.10. The van der Waals surface area contributed by atoms with Crippen LogP contribution in [0.25, 0.3) is 0 Å². The molecule has 0 radical (unpaired) electrons. The fraction of sp³-hybridized carbons (Fsp3) is 1.00. The summed E-state index contributed by atoms with van der Waals surface area (Å²) in [5.41, 5.74) is 0. The highest BCUT2D eigenvalue weighted by Crippen LogP contribution is 2.15. The lowest BCUT2D eigenvalue weighted by atomic mass is 10.0. The van der Waals surface area contributed by atoms with Crippen molar-refractivity contribution in [1.82, 2.24) is 0 Å². The first-order valence-electron chi connectivity index (χ1n) is 12.2. The van der Waals surface area contributed by atoms with Crippen LogP contribution in [0.1, 0.15) is 135 Å². The van der Waals surface area contributed by atoms with Crippen molar-refractivity contribution in [3.8, 4) is 0 Å². The Balaban J connectivity index is 3.06. The summed E-state index contributed by atoms with van der Waals surface area (Å²) < 4.78 is 0. The molecule has 0 amide bonds. The van der Waals surface area contributed by atoms with Gasteiger partial charge in [0.05, 0.1) is 6.10 Å². The van der Waals surface area contributed by atoms with Crippen LogP contribution >= 0.6 is 0 Å². The molecule has 3 nitrogen and oxygen atoms in total. The highest BCUT2D eigenvalue weighted by Gasteiger charge is 2.03. The summed E-state index contributed by atoms with van der Waals surface area (Å²) in [7, 11) is 0. The van der Waals surface area contributed by atoms with Crippen LogP contribution in [0.3, 0.4) is 0 Å². The minimum Gasteiger partial charge on any atom is -0.396 e. The summed E-state index contributed by atoms with van der Waals surface area (Å²) in [6, 6.07) is 0. The van der Waals surface area contributed by atoms with Crippen LogP contribution in [0.2, 0.25) is 0 Å². The number of hydrogen-bond donors (Lipinski definition) is 3. The molecule has 0 aliphatic carbocycles. The molecule has 0 rings (SSSR count). The van der Waals surface area contributed by atoms with Gasteiger partial charge in [-0.25, -0.2) is 0 Å². The molecule has 164 valence electrons. The molecule has 0 heterocycles. The normalized spacial score (nSPS) is 12.6. The number of hydrogen-bond acceptors (Lipinski definition) is 3. The van der Waals surface area contributed by atoms with Crippen LogP contribution in [0, 0.1) is 0 Å². The second kappa shape index (κ2) is 23.9. The van der Waals surface area contributed by atoms with Gasteiger partial charge in [0.2, 0.25) is 0 Å². The quantitative estimate of drug-likeness (QED) is 0.175. The summed E-state index contributed by atoms with van der Waals surface area (Å²) >= 11 is 0. The molecule has 0 aromatic heterocycles. The van der Waals surface area contributed by atoms with Gasteiger partial charge >= 0.3 is 0 Å². The second-order valence-corrected chi connectivity index (χ2v) is 8.40. The zero-order valence-corrected chi connectivity index (χ0v) is 18.2. The predicted octanol–water partition coefficient (Wildman–Crippen LogP) is 6.52. The third-order valence-corrected chi connectivity index (χ3v) is 5.64. The highest BCUT2D eigenvalue weighted by molar-refractivity contribution is 4.57. The fourth-order valence-electron chi connectivity index (χ4n) is 3.78. The van der Waals surface area contributed by atoms with E-state index < -0.39 is 0 Å². The molecule has 0 bridgehead atoms.